The molecule has 0 spiro atoms. The number of quaternary nitrogens is 1. The van der Waals surface area contributed by atoms with E-state index in [1.807, 2.05) is 42.2 Å². The third-order valence-corrected chi connectivity index (χ3v) is 5.08. The lowest BCUT2D eigenvalue weighted by atomic mass is 10.1. The van der Waals surface area contributed by atoms with Gasteiger partial charge in [-0.2, -0.15) is 0 Å². The van der Waals surface area contributed by atoms with Gasteiger partial charge in [0.1, 0.15) is 0 Å². The van der Waals surface area contributed by atoms with Crippen molar-refractivity contribution in [3.8, 4) is 0 Å². The molecule has 1 aliphatic heterocycles. The fourth-order valence-electron chi connectivity index (χ4n) is 3.16. The van der Waals surface area contributed by atoms with Crippen LogP contribution in [0.15, 0.2) is 54.6 Å². The fraction of sp³-hybridized carbons (Fsp3) is 0.300. The van der Waals surface area contributed by atoms with Crippen LogP contribution in [-0.2, 0) is 4.79 Å². The molecule has 1 saturated heterocycles. The van der Waals surface area contributed by atoms with Gasteiger partial charge in [-0.25, -0.2) is 0 Å². The van der Waals surface area contributed by atoms with E-state index in [1.54, 1.807) is 24.3 Å². The quantitative estimate of drug-likeness (QED) is 0.858. The van der Waals surface area contributed by atoms with E-state index in [0.29, 0.717) is 23.7 Å². The molecule has 0 bridgehead atoms. The molecule has 6 heteroatoms. The van der Waals surface area contributed by atoms with Crippen LogP contribution in [0.4, 0.5) is 5.69 Å². The third-order valence-electron chi connectivity index (χ3n) is 4.83. The molecule has 2 aromatic carbocycles. The fourth-order valence-corrected chi connectivity index (χ4v) is 3.29. The summed E-state index contributed by atoms with van der Waals surface area (Å²) in [6.45, 7) is 4.75. The highest BCUT2D eigenvalue weighted by molar-refractivity contribution is 6.30. The van der Waals surface area contributed by atoms with Gasteiger partial charge in [-0.15, -0.1) is 0 Å². The average Bonchev–Trinajstić information content (AvgIpc) is 2.69. The Labute approximate surface area is 158 Å². The molecule has 2 amide bonds. The number of anilines is 1. The van der Waals surface area contributed by atoms with Gasteiger partial charge in [0.2, 0.25) is 0 Å². The molecular weight excluding hydrogens is 350 g/mol. The molecule has 0 aliphatic carbocycles. The Morgan fingerprint density at radius 2 is 1.65 bits per heavy atom. The number of amides is 2. The van der Waals surface area contributed by atoms with E-state index in [-0.39, 0.29) is 17.9 Å². The molecule has 0 saturated carbocycles. The van der Waals surface area contributed by atoms with Crippen LogP contribution in [0.25, 0.3) is 0 Å². The lowest BCUT2D eigenvalue weighted by molar-refractivity contribution is -0.917. The van der Waals surface area contributed by atoms with Gasteiger partial charge in [-0.05, 0) is 43.3 Å². The van der Waals surface area contributed by atoms with Crippen molar-refractivity contribution >= 4 is 29.1 Å². The first kappa shape index (κ1) is 18.4. The van der Waals surface area contributed by atoms with E-state index in [9.17, 15) is 9.59 Å². The number of halogens is 1. The minimum atomic E-state index is -0.181. The van der Waals surface area contributed by atoms with Crippen molar-refractivity contribution in [3.05, 3.63) is 65.2 Å². The molecule has 0 radical (unpaired) electrons. The first-order valence-electron chi connectivity index (χ1n) is 8.80. The molecule has 1 fully saturated rings. The van der Waals surface area contributed by atoms with Crippen molar-refractivity contribution in [2.75, 3.05) is 31.5 Å². The minimum Gasteiger partial charge on any atom is -0.327 e. The van der Waals surface area contributed by atoms with Crippen molar-refractivity contribution in [2.24, 2.45) is 0 Å². The average molecular weight is 373 g/mol. The standard InChI is InChI=1S/C20H22ClN3O2/c1-15(19(25)22-18-9-7-17(21)8-10-18)23-11-13-24(14-12-23)20(26)16-5-3-2-4-6-16/h2-10,15H,11-14H2,1H3,(H,22,25)/p+1/t15-/m0/s1. The number of rotatable bonds is 4. The molecule has 0 unspecified atom stereocenters. The Morgan fingerprint density at radius 3 is 2.27 bits per heavy atom. The van der Waals surface area contributed by atoms with Crippen LogP contribution < -0.4 is 10.2 Å². The van der Waals surface area contributed by atoms with Gasteiger partial charge in [0.05, 0.1) is 26.2 Å². The summed E-state index contributed by atoms with van der Waals surface area (Å²) in [5.41, 5.74) is 1.45. The van der Waals surface area contributed by atoms with Crippen LogP contribution in [0, 0.1) is 0 Å². The monoisotopic (exact) mass is 372 g/mol. The van der Waals surface area contributed by atoms with E-state index < -0.39 is 0 Å². The van der Waals surface area contributed by atoms with Crippen LogP contribution >= 0.6 is 11.6 Å². The number of carbonyl (C=O) groups excluding carboxylic acids is 2. The molecule has 3 rings (SSSR count). The maximum Gasteiger partial charge on any atom is 0.282 e. The molecule has 26 heavy (non-hydrogen) atoms. The zero-order valence-corrected chi connectivity index (χ0v) is 15.5. The molecule has 1 aliphatic rings. The van der Waals surface area contributed by atoms with Gasteiger partial charge in [0.25, 0.3) is 11.8 Å². The molecule has 2 N–H and O–H groups in total. The van der Waals surface area contributed by atoms with E-state index in [0.717, 1.165) is 18.8 Å². The number of carbonyl (C=O) groups is 2. The topological polar surface area (TPSA) is 53.9 Å². The zero-order chi connectivity index (χ0) is 18.5. The molecule has 136 valence electrons. The molecule has 1 heterocycles. The summed E-state index contributed by atoms with van der Waals surface area (Å²) >= 11 is 5.87. The first-order chi connectivity index (χ1) is 12.5. The van der Waals surface area contributed by atoms with Gasteiger partial charge in [-0.1, -0.05) is 29.8 Å². The molecule has 2 aromatic rings. The normalized spacial score (nSPS) is 16.2. The number of nitrogens with zero attached hydrogens (tertiary/aromatic N) is 1. The third kappa shape index (κ3) is 4.42. The summed E-state index contributed by atoms with van der Waals surface area (Å²) in [7, 11) is 0. The highest BCUT2D eigenvalue weighted by atomic mass is 35.5. The highest BCUT2D eigenvalue weighted by Crippen LogP contribution is 2.13. The maximum atomic E-state index is 12.5. The Hall–Kier alpha value is -2.37. The Morgan fingerprint density at radius 1 is 1.04 bits per heavy atom. The largest absolute Gasteiger partial charge is 0.327 e. The van der Waals surface area contributed by atoms with E-state index >= 15 is 0 Å². The van der Waals surface area contributed by atoms with Gasteiger partial charge >= 0.3 is 0 Å². The Balaban J connectivity index is 1.53. The van der Waals surface area contributed by atoms with Crippen LogP contribution in [-0.4, -0.2) is 48.9 Å². The summed E-state index contributed by atoms with van der Waals surface area (Å²) in [6.07, 6.45) is 0. The molecule has 5 nitrogen and oxygen atoms in total. The second-order valence-electron chi connectivity index (χ2n) is 6.53. The van der Waals surface area contributed by atoms with Gasteiger partial charge in [-0.3, -0.25) is 9.59 Å². The summed E-state index contributed by atoms with van der Waals surface area (Å²) in [5, 5.41) is 3.57. The number of piperazine rings is 1. The lowest BCUT2D eigenvalue weighted by Crippen LogP contribution is -3.19. The molecule has 1 atom stereocenters. The summed E-state index contributed by atoms with van der Waals surface area (Å²) in [6, 6.07) is 16.2. The smallest absolute Gasteiger partial charge is 0.282 e. The van der Waals surface area contributed by atoms with Gasteiger partial charge < -0.3 is 15.1 Å². The molecular formula is C20H23ClN3O2+. The number of nitrogens with one attached hydrogen (secondary N) is 2. The van der Waals surface area contributed by atoms with Crippen molar-refractivity contribution in [1.29, 1.82) is 0 Å². The SMILES string of the molecule is C[C@@H](C(=O)Nc1ccc(Cl)cc1)[NH+]1CCN(C(=O)c2ccccc2)CC1. The second kappa shape index (κ2) is 8.34. The van der Waals surface area contributed by atoms with Crippen molar-refractivity contribution in [1.82, 2.24) is 4.90 Å². The number of hydrogen-bond donors (Lipinski definition) is 2. The predicted octanol–water partition coefficient (Wildman–Crippen LogP) is 1.71. The molecule has 0 aromatic heterocycles. The first-order valence-corrected chi connectivity index (χ1v) is 9.18. The van der Waals surface area contributed by atoms with Crippen LogP contribution in [0.2, 0.25) is 5.02 Å². The van der Waals surface area contributed by atoms with E-state index in [4.69, 9.17) is 11.6 Å². The van der Waals surface area contributed by atoms with E-state index in [2.05, 4.69) is 5.32 Å². The second-order valence-corrected chi connectivity index (χ2v) is 6.97. The minimum absolute atomic E-state index is 0.0230. The zero-order valence-electron chi connectivity index (χ0n) is 14.7. The maximum absolute atomic E-state index is 12.5. The van der Waals surface area contributed by atoms with Crippen molar-refractivity contribution in [2.45, 2.75) is 13.0 Å². The van der Waals surface area contributed by atoms with Crippen LogP contribution in [0.1, 0.15) is 17.3 Å². The van der Waals surface area contributed by atoms with Crippen LogP contribution in [0.5, 0.6) is 0 Å². The van der Waals surface area contributed by atoms with E-state index in [1.165, 1.54) is 4.90 Å². The summed E-state index contributed by atoms with van der Waals surface area (Å²) in [4.78, 5) is 28.0. The van der Waals surface area contributed by atoms with Crippen molar-refractivity contribution in [3.63, 3.8) is 0 Å². The van der Waals surface area contributed by atoms with Gasteiger partial charge in [0.15, 0.2) is 6.04 Å². The lowest BCUT2D eigenvalue weighted by Gasteiger charge is -2.34. The summed E-state index contributed by atoms with van der Waals surface area (Å²) < 4.78 is 0. The van der Waals surface area contributed by atoms with Crippen LogP contribution in [0.3, 0.4) is 0 Å². The van der Waals surface area contributed by atoms with Crippen molar-refractivity contribution < 1.29 is 14.5 Å². The number of benzene rings is 2. The van der Waals surface area contributed by atoms with Gasteiger partial charge in [0, 0.05) is 16.3 Å². The Kier molecular flexibility index (Phi) is 5.91. The Bertz CT molecular complexity index is 756. The summed E-state index contributed by atoms with van der Waals surface area (Å²) in [5.74, 6) is 0.0353. The predicted molar refractivity (Wildman–Crippen MR) is 103 cm³/mol. The highest BCUT2D eigenvalue weighted by Gasteiger charge is 2.31. The number of hydrogen-bond acceptors (Lipinski definition) is 2.